The van der Waals surface area contributed by atoms with Crippen molar-refractivity contribution in [2.24, 2.45) is 5.92 Å². The number of aliphatic hydroxyl groups excluding tert-OH is 1. The van der Waals surface area contributed by atoms with Gasteiger partial charge in [-0.2, -0.15) is 0 Å². The molecule has 1 fully saturated rings. The van der Waals surface area contributed by atoms with Gasteiger partial charge in [0.1, 0.15) is 6.10 Å². The molecule has 2 aliphatic rings. The average Bonchev–Trinajstić information content (AvgIpc) is 2.43. The number of rotatable bonds is 5. The molecule has 1 aliphatic heterocycles. The second-order valence-electron chi connectivity index (χ2n) is 5.76. The Kier molecular flexibility index (Phi) is 4.99. The van der Waals surface area contributed by atoms with Crippen molar-refractivity contribution in [3.05, 3.63) is 12.2 Å². The number of amides is 1. The van der Waals surface area contributed by atoms with Gasteiger partial charge in [0.15, 0.2) is 0 Å². The topological polar surface area (TPSA) is 58.6 Å². The number of hydrogen-bond donors (Lipinski definition) is 2. The van der Waals surface area contributed by atoms with Crippen LogP contribution in [0.2, 0.25) is 0 Å². The van der Waals surface area contributed by atoms with Crippen molar-refractivity contribution in [1.82, 2.24) is 5.32 Å². The van der Waals surface area contributed by atoms with E-state index in [0.717, 1.165) is 12.8 Å². The van der Waals surface area contributed by atoms with Gasteiger partial charge in [0.25, 0.3) is 0 Å². The Labute approximate surface area is 115 Å². The molecule has 0 saturated carbocycles. The van der Waals surface area contributed by atoms with Crippen molar-refractivity contribution in [3.8, 4) is 0 Å². The van der Waals surface area contributed by atoms with E-state index in [1.165, 1.54) is 19.3 Å². The summed E-state index contributed by atoms with van der Waals surface area (Å²) in [6, 6.07) is 0. The van der Waals surface area contributed by atoms with Crippen LogP contribution in [-0.4, -0.2) is 35.9 Å². The van der Waals surface area contributed by atoms with Crippen LogP contribution >= 0.6 is 0 Å². The minimum Gasteiger partial charge on any atom is -0.396 e. The molecule has 0 unspecified atom stereocenters. The predicted octanol–water partition coefficient (Wildman–Crippen LogP) is 1.78. The Hall–Kier alpha value is -0.870. The van der Waals surface area contributed by atoms with Crippen LogP contribution in [0.25, 0.3) is 0 Å². The van der Waals surface area contributed by atoms with E-state index in [4.69, 9.17) is 9.84 Å². The molecule has 108 valence electrons. The number of morpholine rings is 1. The fourth-order valence-electron chi connectivity index (χ4n) is 3.04. The molecule has 2 N–H and O–H groups in total. The number of carbonyl (C=O) groups excluding carboxylic acids is 1. The molecule has 3 atom stereocenters. The Morgan fingerprint density at radius 1 is 1.58 bits per heavy atom. The standard InChI is InChI=1S/C15H25NO3/c1-2-15(10-12-6-4-3-5-7-12)11-19-13(8-9-17)14(18)16-15/h4,6,12-13,17H,2-3,5,7-11H2,1H3,(H,16,18)/t12-,13+,15+/m1/s1. The first-order valence-electron chi connectivity index (χ1n) is 7.40. The van der Waals surface area contributed by atoms with E-state index in [2.05, 4.69) is 24.4 Å². The maximum Gasteiger partial charge on any atom is 0.249 e. The summed E-state index contributed by atoms with van der Waals surface area (Å²) in [5.41, 5.74) is -0.227. The zero-order valence-electron chi connectivity index (χ0n) is 11.7. The third kappa shape index (κ3) is 3.57. The third-order valence-corrected chi connectivity index (χ3v) is 4.32. The Morgan fingerprint density at radius 3 is 3.00 bits per heavy atom. The molecule has 1 saturated heterocycles. The highest BCUT2D eigenvalue weighted by Crippen LogP contribution is 2.31. The first-order chi connectivity index (χ1) is 9.19. The molecular weight excluding hydrogens is 242 g/mol. The highest BCUT2D eigenvalue weighted by Gasteiger charge is 2.40. The van der Waals surface area contributed by atoms with E-state index in [0.29, 0.717) is 18.9 Å². The fourth-order valence-corrected chi connectivity index (χ4v) is 3.04. The second-order valence-corrected chi connectivity index (χ2v) is 5.76. The molecule has 4 nitrogen and oxygen atoms in total. The van der Waals surface area contributed by atoms with Crippen LogP contribution in [0.5, 0.6) is 0 Å². The minimum atomic E-state index is -0.480. The average molecular weight is 267 g/mol. The zero-order valence-corrected chi connectivity index (χ0v) is 11.7. The normalized spacial score (nSPS) is 35.2. The number of nitrogens with one attached hydrogen (secondary N) is 1. The third-order valence-electron chi connectivity index (χ3n) is 4.32. The van der Waals surface area contributed by atoms with Gasteiger partial charge in [-0.25, -0.2) is 0 Å². The van der Waals surface area contributed by atoms with E-state index in [1.807, 2.05) is 0 Å². The molecule has 0 spiro atoms. The highest BCUT2D eigenvalue weighted by molar-refractivity contribution is 5.82. The molecule has 1 amide bonds. The van der Waals surface area contributed by atoms with Crippen molar-refractivity contribution in [1.29, 1.82) is 0 Å². The Bertz CT molecular complexity index is 342. The van der Waals surface area contributed by atoms with E-state index < -0.39 is 6.10 Å². The van der Waals surface area contributed by atoms with Gasteiger partial charge in [0.05, 0.1) is 12.1 Å². The fraction of sp³-hybridized carbons (Fsp3) is 0.800. The summed E-state index contributed by atoms with van der Waals surface area (Å²) in [5.74, 6) is 0.480. The van der Waals surface area contributed by atoms with E-state index in [9.17, 15) is 4.79 Å². The molecule has 1 heterocycles. The first kappa shape index (κ1) is 14.5. The number of aliphatic hydroxyl groups is 1. The maximum absolute atomic E-state index is 12.0. The molecule has 19 heavy (non-hydrogen) atoms. The number of carbonyl (C=O) groups is 1. The predicted molar refractivity (Wildman–Crippen MR) is 73.7 cm³/mol. The summed E-state index contributed by atoms with van der Waals surface area (Å²) < 4.78 is 5.68. The van der Waals surface area contributed by atoms with Crippen LogP contribution in [0.15, 0.2) is 12.2 Å². The summed E-state index contributed by atoms with van der Waals surface area (Å²) in [4.78, 5) is 12.0. The minimum absolute atomic E-state index is 0.0113. The summed E-state index contributed by atoms with van der Waals surface area (Å²) in [6.07, 6.45) is 9.90. The quantitative estimate of drug-likeness (QED) is 0.747. The van der Waals surface area contributed by atoms with Gasteiger partial charge < -0.3 is 15.2 Å². The van der Waals surface area contributed by atoms with Gasteiger partial charge in [-0.15, -0.1) is 0 Å². The SMILES string of the molecule is CC[C@]1(C[C@@H]2C=CCCC2)CO[C@@H](CCO)C(=O)N1. The highest BCUT2D eigenvalue weighted by atomic mass is 16.5. The monoisotopic (exact) mass is 267 g/mol. The molecule has 2 rings (SSSR count). The Morgan fingerprint density at radius 2 is 2.42 bits per heavy atom. The molecule has 0 bridgehead atoms. The maximum atomic E-state index is 12.0. The molecule has 0 aromatic rings. The van der Waals surface area contributed by atoms with Crippen LogP contribution < -0.4 is 5.32 Å². The summed E-state index contributed by atoms with van der Waals surface area (Å²) in [5, 5.41) is 12.1. The van der Waals surface area contributed by atoms with Crippen molar-refractivity contribution in [2.45, 2.75) is 57.1 Å². The van der Waals surface area contributed by atoms with Crippen LogP contribution in [0.1, 0.15) is 45.4 Å². The first-order valence-corrected chi connectivity index (χ1v) is 7.40. The zero-order chi connectivity index (χ0) is 13.7. The summed E-state index contributed by atoms with van der Waals surface area (Å²) in [7, 11) is 0. The van der Waals surface area contributed by atoms with Gasteiger partial charge in [-0.3, -0.25) is 4.79 Å². The number of ether oxygens (including phenoxy) is 1. The van der Waals surface area contributed by atoms with Gasteiger partial charge in [-0.05, 0) is 38.0 Å². The van der Waals surface area contributed by atoms with Gasteiger partial charge in [-0.1, -0.05) is 19.1 Å². The smallest absolute Gasteiger partial charge is 0.249 e. The van der Waals surface area contributed by atoms with Crippen molar-refractivity contribution in [3.63, 3.8) is 0 Å². The second kappa shape index (κ2) is 6.53. The molecule has 0 radical (unpaired) electrons. The lowest BCUT2D eigenvalue weighted by molar-refractivity contribution is -0.148. The molecule has 0 aromatic heterocycles. The molecule has 0 aromatic carbocycles. The lowest BCUT2D eigenvalue weighted by Crippen LogP contribution is -2.60. The van der Waals surface area contributed by atoms with Gasteiger partial charge >= 0.3 is 0 Å². The van der Waals surface area contributed by atoms with Crippen molar-refractivity contribution < 1.29 is 14.6 Å². The van der Waals surface area contributed by atoms with Crippen LogP contribution in [0.4, 0.5) is 0 Å². The van der Waals surface area contributed by atoms with Crippen LogP contribution in [0, 0.1) is 5.92 Å². The molecule has 1 aliphatic carbocycles. The lowest BCUT2D eigenvalue weighted by Gasteiger charge is -2.42. The lowest BCUT2D eigenvalue weighted by atomic mass is 9.80. The van der Waals surface area contributed by atoms with Crippen molar-refractivity contribution >= 4 is 5.91 Å². The summed E-state index contributed by atoms with van der Waals surface area (Å²) in [6.45, 7) is 2.65. The van der Waals surface area contributed by atoms with Crippen molar-refractivity contribution in [2.75, 3.05) is 13.2 Å². The van der Waals surface area contributed by atoms with Crippen LogP contribution in [-0.2, 0) is 9.53 Å². The van der Waals surface area contributed by atoms with E-state index >= 15 is 0 Å². The molecular formula is C15H25NO3. The van der Waals surface area contributed by atoms with Crippen LogP contribution in [0.3, 0.4) is 0 Å². The van der Waals surface area contributed by atoms with Gasteiger partial charge in [0, 0.05) is 13.0 Å². The largest absolute Gasteiger partial charge is 0.396 e. The number of hydrogen-bond acceptors (Lipinski definition) is 3. The van der Waals surface area contributed by atoms with Gasteiger partial charge in [0.2, 0.25) is 5.91 Å². The molecule has 4 heteroatoms. The summed E-state index contributed by atoms with van der Waals surface area (Å²) >= 11 is 0. The Balaban J connectivity index is 1.97. The van der Waals surface area contributed by atoms with E-state index in [-0.39, 0.29) is 18.1 Å². The number of allylic oxidation sites excluding steroid dienone is 2. The van der Waals surface area contributed by atoms with E-state index in [1.54, 1.807) is 0 Å².